The third kappa shape index (κ3) is 6.19. The Balaban J connectivity index is 0.000000517. The number of benzene rings is 2. The van der Waals surface area contributed by atoms with Crippen LogP contribution in [-0.2, 0) is 18.4 Å². The third-order valence-electron chi connectivity index (χ3n) is 6.18. The lowest BCUT2D eigenvalue weighted by Crippen LogP contribution is -2.21. The predicted molar refractivity (Wildman–Crippen MR) is 147 cm³/mol. The van der Waals surface area contributed by atoms with Crippen molar-refractivity contribution in [3.63, 3.8) is 0 Å². The molecule has 0 spiro atoms. The van der Waals surface area contributed by atoms with Gasteiger partial charge in [0.15, 0.2) is 5.82 Å². The number of halogens is 5. The Morgan fingerprint density at radius 3 is 2.52 bits per heavy atom. The molecule has 5 aromatic rings. The number of carbonyl (C=O) groups is 1. The first-order valence-electron chi connectivity index (χ1n) is 12.5. The molecule has 0 aliphatic rings. The number of aromatic nitrogens is 5. The fourth-order valence-corrected chi connectivity index (χ4v) is 4.44. The van der Waals surface area contributed by atoms with Gasteiger partial charge in [-0.1, -0.05) is 6.07 Å². The van der Waals surface area contributed by atoms with E-state index in [1.165, 1.54) is 22.8 Å². The molecule has 0 saturated heterocycles. The molecule has 5 rings (SSSR count). The lowest BCUT2D eigenvalue weighted by atomic mass is 10.1. The monoisotopic (exact) mass is 591 g/mol. The molecule has 42 heavy (non-hydrogen) atoms. The van der Waals surface area contributed by atoms with Crippen molar-refractivity contribution in [3.05, 3.63) is 70.9 Å². The van der Waals surface area contributed by atoms with Crippen LogP contribution in [0.15, 0.2) is 58.6 Å². The van der Waals surface area contributed by atoms with Crippen molar-refractivity contribution in [2.24, 2.45) is 12.0 Å². The van der Waals surface area contributed by atoms with Crippen LogP contribution in [0, 0.1) is 11.6 Å². The summed E-state index contributed by atoms with van der Waals surface area (Å²) in [5, 5.41) is 14.8. The van der Waals surface area contributed by atoms with E-state index in [1.54, 1.807) is 42.3 Å². The highest BCUT2D eigenvalue weighted by atomic mass is 19.4. The van der Waals surface area contributed by atoms with Crippen LogP contribution in [0.25, 0.3) is 38.9 Å². The number of carboxylic acid groups (broad SMARTS) is 1. The Morgan fingerprint density at radius 2 is 1.86 bits per heavy atom. The summed E-state index contributed by atoms with van der Waals surface area (Å²) in [6, 6.07) is 9.31. The van der Waals surface area contributed by atoms with Gasteiger partial charge in [0, 0.05) is 63.0 Å². The van der Waals surface area contributed by atoms with Gasteiger partial charge < -0.3 is 19.1 Å². The van der Waals surface area contributed by atoms with E-state index in [0.29, 0.717) is 40.6 Å². The van der Waals surface area contributed by atoms with E-state index in [-0.39, 0.29) is 5.82 Å². The molecular formula is C27H26F5N7O3. The summed E-state index contributed by atoms with van der Waals surface area (Å²) in [5.41, 5.74) is 1.90. The number of aromatic amines is 1. The standard InChI is InChI=1S/C25H25F2N7O.C2HF3O2/c1-31(2)15-28-10-5-11-33-14-22(17-12-16(26)8-9-20(17)33)34-24(29-30-25(34)35)18-13-32(3)21-7-4-6-19(27)23(18)21;3-2(4,5)1(6)7/h4,6-9,12-15H,5,10-11H2,1-3H3,(H,30,35);(H,6,7)/b28-15-;. The Hall–Kier alpha value is -4.95. The molecule has 0 amide bonds. The molecule has 222 valence electrons. The number of aliphatic imine (C=N–C) groups is 1. The average Bonchev–Trinajstić information content (AvgIpc) is 3.56. The first kappa shape index (κ1) is 30.0. The molecule has 0 bridgehead atoms. The lowest BCUT2D eigenvalue weighted by Gasteiger charge is -2.05. The number of hydrogen-bond donors (Lipinski definition) is 2. The summed E-state index contributed by atoms with van der Waals surface area (Å²) < 4.78 is 66.0. The van der Waals surface area contributed by atoms with Crippen LogP contribution in [0.3, 0.4) is 0 Å². The first-order chi connectivity index (χ1) is 19.8. The van der Waals surface area contributed by atoms with E-state index in [0.717, 1.165) is 11.9 Å². The minimum atomic E-state index is -5.08. The van der Waals surface area contributed by atoms with Gasteiger partial charge >= 0.3 is 17.8 Å². The Bertz CT molecular complexity index is 1830. The highest BCUT2D eigenvalue weighted by Crippen LogP contribution is 2.33. The van der Waals surface area contributed by atoms with Gasteiger partial charge in [-0.25, -0.2) is 28.0 Å². The molecule has 2 aromatic carbocycles. The summed E-state index contributed by atoms with van der Waals surface area (Å²) in [6.07, 6.45) is 0.978. The Labute approximate surface area is 234 Å². The Morgan fingerprint density at radius 1 is 1.14 bits per heavy atom. The van der Waals surface area contributed by atoms with Crippen LogP contribution < -0.4 is 5.69 Å². The van der Waals surface area contributed by atoms with E-state index >= 15 is 0 Å². The summed E-state index contributed by atoms with van der Waals surface area (Å²) in [6.45, 7) is 1.25. The fraction of sp³-hybridized carbons (Fsp3) is 0.259. The summed E-state index contributed by atoms with van der Waals surface area (Å²) in [4.78, 5) is 28.1. The molecular weight excluding hydrogens is 565 g/mol. The number of alkyl halides is 3. The molecule has 0 aliphatic heterocycles. The van der Waals surface area contributed by atoms with Crippen LogP contribution in [0.4, 0.5) is 22.0 Å². The van der Waals surface area contributed by atoms with Crippen LogP contribution in [0.2, 0.25) is 0 Å². The third-order valence-corrected chi connectivity index (χ3v) is 6.18. The fourth-order valence-electron chi connectivity index (χ4n) is 4.44. The van der Waals surface area contributed by atoms with Gasteiger partial charge in [-0.15, -0.1) is 0 Å². The maximum atomic E-state index is 14.8. The topological polar surface area (TPSA) is 113 Å². The highest BCUT2D eigenvalue weighted by Gasteiger charge is 2.38. The quantitative estimate of drug-likeness (QED) is 0.125. The molecule has 0 fully saturated rings. The molecule has 15 heteroatoms. The maximum Gasteiger partial charge on any atom is 0.490 e. The van der Waals surface area contributed by atoms with Crippen LogP contribution >= 0.6 is 0 Å². The van der Waals surface area contributed by atoms with E-state index < -0.39 is 29.5 Å². The molecule has 3 heterocycles. The largest absolute Gasteiger partial charge is 0.490 e. The molecule has 0 saturated carbocycles. The zero-order chi connectivity index (χ0) is 30.8. The number of fused-ring (bicyclic) bond motifs is 2. The smallest absolute Gasteiger partial charge is 0.475 e. The zero-order valence-corrected chi connectivity index (χ0v) is 22.7. The van der Waals surface area contributed by atoms with Crippen molar-refractivity contribution in [2.45, 2.75) is 19.1 Å². The van der Waals surface area contributed by atoms with Gasteiger partial charge in [0.25, 0.3) is 0 Å². The van der Waals surface area contributed by atoms with Crippen molar-refractivity contribution < 1.29 is 31.9 Å². The second-order valence-corrected chi connectivity index (χ2v) is 9.49. The maximum absolute atomic E-state index is 14.8. The summed E-state index contributed by atoms with van der Waals surface area (Å²) >= 11 is 0. The number of aliphatic carboxylic acids is 1. The number of aryl methyl sites for hydroxylation is 2. The highest BCUT2D eigenvalue weighted by molar-refractivity contribution is 5.96. The number of nitrogens with one attached hydrogen (secondary N) is 1. The number of nitrogens with zero attached hydrogens (tertiary/aromatic N) is 6. The van der Waals surface area contributed by atoms with Gasteiger partial charge in [-0.2, -0.15) is 18.3 Å². The normalized spacial score (nSPS) is 11.8. The molecule has 0 atom stereocenters. The van der Waals surface area contributed by atoms with Crippen molar-refractivity contribution in [1.82, 2.24) is 28.8 Å². The average molecular weight is 592 g/mol. The molecule has 0 unspecified atom stereocenters. The van der Waals surface area contributed by atoms with Crippen LogP contribution in [0.5, 0.6) is 0 Å². The van der Waals surface area contributed by atoms with Crippen molar-refractivity contribution in [2.75, 3.05) is 20.6 Å². The summed E-state index contributed by atoms with van der Waals surface area (Å²) in [5.74, 6) is -3.33. The molecule has 3 aromatic heterocycles. The van der Waals surface area contributed by atoms with E-state index in [4.69, 9.17) is 9.90 Å². The molecule has 10 nitrogen and oxygen atoms in total. The SMILES string of the molecule is CN(C)/C=N\CCCn1cc(-n2c(-c3cn(C)c4cccc(F)c34)n[nH]c2=O)c2cc(F)ccc21.O=C(O)C(F)(F)F. The second kappa shape index (κ2) is 11.9. The second-order valence-electron chi connectivity index (χ2n) is 9.49. The Kier molecular flexibility index (Phi) is 8.49. The molecule has 0 radical (unpaired) electrons. The van der Waals surface area contributed by atoms with Crippen LogP contribution in [0.1, 0.15) is 6.42 Å². The number of carboxylic acids is 1. The zero-order valence-electron chi connectivity index (χ0n) is 22.7. The van der Waals surface area contributed by atoms with Crippen molar-refractivity contribution in [1.29, 1.82) is 0 Å². The van der Waals surface area contributed by atoms with Crippen molar-refractivity contribution >= 4 is 34.1 Å². The van der Waals surface area contributed by atoms with E-state index in [9.17, 15) is 26.7 Å². The minimum Gasteiger partial charge on any atom is -0.475 e. The van der Waals surface area contributed by atoms with Crippen molar-refractivity contribution in [3.8, 4) is 17.1 Å². The molecule has 0 aliphatic carbocycles. The number of rotatable bonds is 7. The molecule has 2 N–H and O–H groups in total. The van der Waals surface area contributed by atoms with Gasteiger partial charge in [0.05, 0.1) is 23.1 Å². The van der Waals surface area contributed by atoms with Crippen LogP contribution in [-0.4, -0.2) is 73.0 Å². The summed E-state index contributed by atoms with van der Waals surface area (Å²) in [7, 11) is 5.62. The van der Waals surface area contributed by atoms with Gasteiger partial charge in [0.1, 0.15) is 11.6 Å². The van der Waals surface area contributed by atoms with E-state index in [1.807, 2.05) is 29.8 Å². The van der Waals surface area contributed by atoms with Gasteiger partial charge in [-0.05, 0) is 36.8 Å². The minimum absolute atomic E-state index is 0.254. The van der Waals surface area contributed by atoms with Gasteiger partial charge in [-0.3, -0.25) is 4.99 Å². The van der Waals surface area contributed by atoms with Gasteiger partial charge in [0.2, 0.25) is 0 Å². The first-order valence-corrected chi connectivity index (χ1v) is 12.5. The lowest BCUT2D eigenvalue weighted by molar-refractivity contribution is -0.192. The van der Waals surface area contributed by atoms with E-state index in [2.05, 4.69) is 15.2 Å². The number of hydrogen-bond acceptors (Lipinski definition) is 4. The predicted octanol–water partition coefficient (Wildman–Crippen LogP) is 4.57. The number of H-pyrrole nitrogens is 1.